The van der Waals surface area contributed by atoms with Crippen molar-refractivity contribution in [2.24, 2.45) is 0 Å². The molecule has 0 bridgehead atoms. The Morgan fingerprint density at radius 1 is 1.13 bits per heavy atom. The Hall–Kier alpha value is -3.94. The zero-order chi connectivity index (χ0) is 32.9. The number of alkyl halides is 3. The van der Waals surface area contributed by atoms with Gasteiger partial charge in [0.1, 0.15) is 41.1 Å². The fraction of sp³-hybridized carbons (Fsp3) is 0.375. The maximum atomic E-state index is 14.4. The zero-order valence-corrected chi connectivity index (χ0v) is 25.5. The lowest BCUT2D eigenvalue weighted by Crippen LogP contribution is -2.36. The topological polar surface area (TPSA) is 86.0 Å². The summed E-state index contributed by atoms with van der Waals surface area (Å²) < 4.78 is 89.2. The van der Waals surface area contributed by atoms with Gasteiger partial charge in [0.25, 0.3) is 0 Å². The van der Waals surface area contributed by atoms with Gasteiger partial charge in [-0.1, -0.05) is 11.6 Å². The van der Waals surface area contributed by atoms with Crippen molar-refractivity contribution in [3.05, 3.63) is 86.7 Å². The number of aromatic nitrogens is 2. The van der Waals surface area contributed by atoms with Gasteiger partial charge in [-0.2, -0.15) is 13.2 Å². The smallest absolute Gasteiger partial charge is 0.419 e. The first-order valence-electron chi connectivity index (χ1n) is 14.5. The van der Waals surface area contributed by atoms with Gasteiger partial charge in [0.15, 0.2) is 0 Å². The van der Waals surface area contributed by atoms with Crippen LogP contribution in [0.3, 0.4) is 0 Å². The Labute approximate surface area is 265 Å². The van der Waals surface area contributed by atoms with Crippen LogP contribution in [-0.4, -0.2) is 51.9 Å². The SMILES string of the molecule is COc1cc(C(=O)O)cc2c1nc(CN1CCc3cc(C(F)(F)F)c(OCc4cc(F)c(Cl)cc4F)cc3[C@@H]1C)n2C[C@@H]1CCO1. The van der Waals surface area contributed by atoms with Crippen molar-refractivity contribution < 1.29 is 46.1 Å². The van der Waals surface area contributed by atoms with Crippen LogP contribution in [-0.2, 0) is 37.0 Å². The van der Waals surface area contributed by atoms with Crippen LogP contribution < -0.4 is 9.47 Å². The Morgan fingerprint density at radius 2 is 1.89 bits per heavy atom. The van der Waals surface area contributed by atoms with Gasteiger partial charge in [-0.25, -0.2) is 18.6 Å². The second-order valence-corrected chi connectivity index (χ2v) is 11.8. The molecule has 3 aromatic carbocycles. The summed E-state index contributed by atoms with van der Waals surface area (Å²) in [5.41, 5.74) is 0.903. The Kier molecular flexibility index (Phi) is 8.59. The Bertz CT molecular complexity index is 1820. The average molecular weight is 666 g/mol. The quantitative estimate of drug-likeness (QED) is 0.150. The van der Waals surface area contributed by atoms with E-state index in [0.717, 1.165) is 24.6 Å². The van der Waals surface area contributed by atoms with E-state index in [9.17, 15) is 31.9 Å². The third kappa shape index (κ3) is 6.10. The number of hydrogen-bond donors (Lipinski definition) is 1. The highest BCUT2D eigenvalue weighted by Crippen LogP contribution is 2.42. The summed E-state index contributed by atoms with van der Waals surface area (Å²) >= 11 is 5.61. The monoisotopic (exact) mass is 665 g/mol. The molecular formula is C32H29ClF5N3O5. The van der Waals surface area contributed by atoms with E-state index in [1.165, 1.54) is 19.2 Å². The van der Waals surface area contributed by atoms with E-state index in [0.29, 0.717) is 66.4 Å². The molecule has 2 atom stereocenters. The summed E-state index contributed by atoms with van der Waals surface area (Å²) in [6.45, 7) is 2.98. The summed E-state index contributed by atoms with van der Waals surface area (Å²) in [7, 11) is 1.43. The fourth-order valence-electron chi connectivity index (χ4n) is 5.94. The van der Waals surface area contributed by atoms with Crippen molar-refractivity contribution in [1.29, 1.82) is 0 Å². The molecule has 0 radical (unpaired) electrons. The molecule has 46 heavy (non-hydrogen) atoms. The third-order valence-corrected chi connectivity index (χ3v) is 8.86. The molecule has 3 heterocycles. The predicted molar refractivity (Wildman–Crippen MR) is 157 cm³/mol. The van der Waals surface area contributed by atoms with Crippen LogP contribution in [0.15, 0.2) is 36.4 Å². The van der Waals surface area contributed by atoms with Crippen molar-refractivity contribution in [1.82, 2.24) is 14.5 Å². The molecule has 2 aliphatic heterocycles. The molecule has 244 valence electrons. The molecule has 14 heteroatoms. The first-order chi connectivity index (χ1) is 21.8. The number of rotatable bonds is 9. The number of carboxylic acid groups (broad SMARTS) is 1. The number of aromatic carboxylic acids is 1. The highest BCUT2D eigenvalue weighted by molar-refractivity contribution is 6.30. The summed E-state index contributed by atoms with van der Waals surface area (Å²) in [5, 5.41) is 9.23. The lowest BCUT2D eigenvalue weighted by atomic mass is 9.91. The summed E-state index contributed by atoms with van der Waals surface area (Å²) in [6.07, 6.45) is -3.69. The van der Waals surface area contributed by atoms with E-state index < -0.39 is 46.7 Å². The number of carboxylic acids is 1. The summed E-state index contributed by atoms with van der Waals surface area (Å²) in [6, 6.07) is 6.48. The van der Waals surface area contributed by atoms with Crippen LogP contribution in [0, 0.1) is 11.6 Å². The Morgan fingerprint density at radius 3 is 2.54 bits per heavy atom. The normalized spacial score (nSPS) is 18.3. The Balaban J connectivity index is 1.33. The number of carbonyl (C=O) groups is 1. The third-order valence-electron chi connectivity index (χ3n) is 8.57. The molecule has 1 fully saturated rings. The van der Waals surface area contributed by atoms with E-state index >= 15 is 0 Å². The number of imidazole rings is 1. The molecule has 1 N–H and O–H groups in total. The van der Waals surface area contributed by atoms with Crippen LogP contribution in [0.4, 0.5) is 22.0 Å². The lowest BCUT2D eigenvalue weighted by Gasteiger charge is -2.36. The van der Waals surface area contributed by atoms with Gasteiger partial charge in [-0.3, -0.25) is 4.90 Å². The van der Waals surface area contributed by atoms with Gasteiger partial charge in [-0.15, -0.1) is 0 Å². The number of methoxy groups -OCH3 is 1. The van der Waals surface area contributed by atoms with E-state index in [2.05, 4.69) is 4.90 Å². The standard InChI is InChI=1S/C32H29ClF5N3O5/c1-16-21-11-27(46-15-19-8-25(35)23(33)12-24(19)34)22(32(36,37)38)7-17(21)3-5-40(16)14-29-39-30-26(41(29)13-20-4-6-45-20)9-18(31(42)43)10-28(30)44-2/h7-12,16,20H,3-6,13-15H2,1-2H3,(H,42,43)/t16-,20-/m0/s1. The number of ether oxygens (including phenoxy) is 3. The second kappa shape index (κ2) is 12.3. The highest BCUT2D eigenvalue weighted by Gasteiger charge is 2.37. The number of fused-ring (bicyclic) bond motifs is 2. The van der Waals surface area contributed by atoms with Crippen molar-refractivity contribution in [2.75, 3.05) is 20.3 Å². The maximum Gasteiger partial charge on any atom is 0.419 e. The minimum atomic E-state index is -4.75. The summed E-state index contributed by atoms with van der Waals surface area (Å²) in [4.78, 5) is 18.7. The largest absolute Gasteiger partial charge is 0.494 e. The second-order valence-electron chi connectivity index (χ2n) is 11.4. The number of benzene rings is 3. The molecule has 1 saturated heterocycles. The van der Waals surface area contributed by atoms with E-state index in [1.54, 1.807) is 6.07 Å². The molecule has 0 spiro atoms. The van der Waals surface area contributed by atoms with Crippen molar-refractivity contribution in [3.8, 4) is 11.5 Å². The minimum absolute atomic E-state index is 0.0427. The van der Waals surface area contributed by atoms with Crippen molar-refractivity contribution >= 4 is 28.6 Å². The molecule has 0 aliphatic carbocycles. The van der Waals surface area contributed by atoms with Gasteiger partial charge in [-0.05, 0) is 67.3 Å². The minimum Gasteiger partial charge on any atom is -0.494 e. The molecule has 8 nitrogen and oxygen atoms in total. The summed E-state index contributed by atoms with van der Waals surface area (Å²) in [5.74, 6) is -2.52. The molecule has 1 aromatic heterocycles. The molecule has 0 unspecified atom stereocenters. The van der Waals surface area contributed by atoms with Gasteiger partial charge in [0, 0.05) is 24.8 Å². The van der Waals surface area contributed by atoms with Crippen LogP contribution >= 0.6 is 11.6 Å². The first-order valence-corrected chi connectivity index (χ1v) is 14.9. The number of halogens is 6. The lowest BCUT2D eigenvalue weighted by molar-refractivity contribution is -0.139. The van der Waals surface area contributed by atoms with Crippen LogP contribution in [0.2, 0.25) is 5.02 Å². The van der Waals surface area contributed by atoms with Gasteiger partial charge in [0.2, 0.25) is 0 Å². The van der Waals surface area contributed by atoms with E-state index in [4.69, 9.17) is 30.8 Å². The maximum absolute atomic E-state index is 14.4. The van der Waals surface area contributed by atoms with Gasteiger partial charge in [0.05, 0.1) is 48.0 Å². The molecule has 6 rings (SSSR count). The molecule has 2 aliphatic rings. The molecule has 0 saturated carbocycles. The number of nitrogens with zero attached hydrogens (tertiary/aromatic N) is 3. The molecule has 0 amide bonds. The van der Waals surface area contributed by atoms with E-state index in [1.807, 2.05) is 11.5 Å². The van der Waals surface area contributed by atoms with Crippen LogP contribution in [0.1, 0.15) is 57.8 Å². The average Bonchev–Trinajstić information content (AvgIpc) is 3.32. The van der Waals surface area contributed by atoms with Crippen molar-refractivity contribution in [3.63, 3.8) is 0 Å². The molecular weight excluding hydrogens is 637 g/mol. The van der Waals surface area contributed by atoms with E-state index in [-0.39, 0.29) is 23.3 Å². The van der Waals surface area contributed by atoms with Gasteiger partial charge >= 0.3 is 12.1 Å². The van der Waals surface area contributed by atoms with Crippen LogP contribution in [0.25, 0.3) is 11.0 Å². The highest BCUT2D eigenvalue weighted by atomic mass is 35.5. The predicted octanol–water partition coefficient (Wildman–Crippen LogP) is 7.18. The van der Waals surface area contributed by atoms with Gasteiger partial charge < -0.3 is 23.9 Å². The molecule has 4 aromatic rings. The van der Waals surface area contributed by atoms with Crippen molar-refractivity contribution in [2.45, 2.75) is 57.8 Å². The number of hydrogen-bond acceptors (Lipinski definition) is 6. The van der Waals surface area contributed by atoms with Crippen LogP contribution in [0.5, 0.6) is 11.5 Å². The zero-order valence-electron chi connectivity index (χ0n) is 24.8. The fourth-order valence-corrected chi connectivity index (χ4v) is 6.09. The first kappa shape index (κ1) is 32.0.